The molecule has 2 atom stereocenters. The third kappa shape index (κ3) is 4.87. The van der Waals surface area contributed by atoms with Crippen LogP contribution in [0.4, 0.5) is 0 Å². The molecule has 0 aromatic carbocycles. The van der Waals surface area contributed by atoms with E-state index in [9.17, 15) is 5.26 Å². The third-order valence-electron chi connectivity index (χ3n) is 3.28. The van der Waals surface area contributed by atoms with Crippen LogP contribution in [0.25, 0.3) is 0 Å². The SMILES string of the molecule is CCNC1(C#N)CCCC(SCCCOC)C1. The van der Waals surface area contributed by atoms with Gasteiger partial charge < -0.3 is 4.74 Å². The minimum absolute atomic E-state index is 0.258. The molecule has 98 valence electrons. The zero-order valence-corrected chi connectivity index (χ0v) is 11.8. The van der Waals surface area contributed by atoms with Gasteiger partial charge in [0.15, 0.2) is 0 Å². The Labute approximate surface area is 109 Å². The first-order valence-corrected chi connectivity index (χ1v) is 7.58. The molecule has 17 heavy (non-hydrogen) atoms. The van der Waals surface area contributed by atoms with E-state index in [1.54, 1.807) is 7.11 Å². The van der Waals surface area contributed by atoms with Gasteiger partial charge >= 0.3 is 0 Å². The van der Waals surface area contributed by atoms with Crippen LogP contribution in [0.1, 0.15) is 39.0 Å². The van der Waals surface area contributed by atoms with Gasteiger partial charge in [0, 0.05) is 19.0 Å². The van der Waals surface area contributed by atoms with Crippen molar-refractivity contribution in [2.45, 2.75) is 49.8 Å². The Bertz CT molecular complexity index is 250. The Morgan fingerprint density at radius 2 is 2.41 bits per heavy atom. The molecule has 0 aromatic heterocycles. The summed E-state index contributed by atoms with van der Waals surface area (Å²) in [6.07, 6.45) is 5.54. The molecule has 0 spiro atoms. The fourth-order valence-corrected chi connectivity index (χ4v) is 3.81. The van der Waals surface area contributed by atoms with Crippen LogP contribution in [-0.4, -0.2) is 36.8 Å². The first-order valence-electron chi connectivity index (χ1n) is 6.53. The third-order valence-corrected chi connectivity index (χ3v) is 4.68. The average molecular weight is 256 g/mol. The van der Waals surface area contributed by atoms with Crippen molar-refractivity contribution in [3.8, 4) is 6.07 Å². The summed E-state index contributed by atoms with van der Waals surface area (Å²) in [6, 6.07) is 2.50. The lowest BCUT2D eigenvalue weighted by Gasteiger charge is -2.36. The number of ether oxygens (including phenoxy) is 1. The standard InChI is InChI=1S/C13H24N2OS/c1-3-15-13(11-14)7-4-6-12(10-13)17-9-5-8-16-2/h12,15H,3-10H2,1-2H3. The topological polar surface area (TPSA) is 45.0 Å². The van der Waals surface area contributed by atoms with Crippen LogP contribution in [0.2, 0.25) is 0 Å². The molecule has 1 aliphatic rings. The van der Waals surface area contributed by atoms with Crippen molar-refractivity contribution in [3.05, 3.63) is 0 Å². The predicted octanol–water partition coefficient (Wildman–Crippen LogP) is 2.57. The molecule has 1 fully saturated rings. The molecule has 0 amide bonds. The van der Waals surface area contributed by atoms with Gasteiger partial charge in [-0.15, -0.1) is 0 Å². The number of hydrogen-bond acceptors (Lipinski definition) is 4. The van der Waals surface area contributed by atoms with Gasteiger partial charge in [0.2, 0.25) is 0 Å². The lowest BCUT2D eigenvalue weighted by Crippen LogP contribution is -2.48. The van der Waals surface area contributed by atoms with Gasteiger partial charge in [-0.3, -0.25) is 5.32 Å². The first-order chi connectivity index (χ1) is 8.26. The van der Waals surface area contributed by atoms with E-state index in [2.05, 4.69) is 18.3 Å². The van der Waals surface area contributed by atoms with Crippen LogP contribution in [0.3, 0.4) is 0 Å². The van der Waals surface area contributed by atoms with Crippen LogP contribution in [0.15, 0.2) is 0 Å². The smallest absolute Gasteiger partial charge is 0.107 e. The van der Waals surface area contributed by atoms with Crippen molar-refractivity contribution in [1.29, 1.82) is 5.26 Å². The highest BCUT2D eigenvalue weighted by atomic mass is 32.2. The number of hydrogen-bond donors (Lipinski definition) is 1. The second kappa shape index (κ2) is 7.97. The molecule has 0 aromatic rings. The number of nitriles is 1. The Hall–Kier alpha value is -0.240. The molecule has 0 bridgehead atoms. The summed E-state index contributed by atoms with van der Waals surface area (Å²) < 4.78 is 5.05. The Morgan fingerprint density at radius 3 is 3.06 bits per heavy atom. The highest BCUT2D eigenvalue weighted by Crippen LogP contribution is 2.34. The van der Waals surface area contributed by atoms with Crippen molar-refractivity contribution in [1.82, 2.24) is 5.32 Å². The fraction of sp³-hybridized carbons (Fsp3) is 0.923. The zero-order chi connectivity index (χ0) is 12.6. The van der Waals surface area contributed by atoms with E-state index in [0.717, 1.165) is 38.2 Å². The van der Waals surface area contributed by atoms with Gasteiger partial charge in [-0.1, -0.05) is 6.92 Å². The Morgan fingerprint density at radius 1 is 1.59 bits per heavy atom. The first kappa shape index (κ1) is 14.8. The van der Waals surface area contributed by atoms with Gasteiger partial charge in [-0.2, -0.15) is 17.0 Å². The fourth-order valence-electron chi connectivity index (χ4n) is 2.46. The van der Waals surface area contributed by atoms with E-state index < -0.39 is 0 Å². The minimum atomic E-state index is -0.258. The molecule has 0 radical (unpaired) electrons. The van der Waals surface area contributed by atoms with Gasteiger partial charge in [0.05, 0.1) is 6.07 Å². The minimum Gasteiger partial charge on any atom is -0.385 e. The second-order valence-electron chi connectivity index (χ2n) is 4.66. The molecule has 1 N–H and O–H groups in total. The lowest BCUT2D eigenvalue weighted by atomic mass is 9.82. The molecule has 4 heteroatoms. The van der Waals surface area contributed by atoms with E-state index in [1.165, 1.54) is 12.8 Å². The summed E-state index contributed by atoms with van der Waals surface area (Å²) in [6.45, 7) is 3.80. The number of nitrogens with one attached hydrogen (secondary N) is 1. The van der Waals surface area contributed by atoms with E-state index in [1.807, 2.05) is 11.8 Å². The van der Waals surface area contributed by atoms with Crippen LogP contribution in [0, 0.1) is 11.3 Å². The zero-order valence-electron chi connectivity index (χ0n) is 11.0. The number of rotatable bonds is 7. The summed E-state index contributed by atoms with van der Waals surface area (Å²) in [7, 11) is 1.75. The van der Waals surface area contributed by atoms with E-state index in [4.69, 9.17) is 4.74 Å². The molecule has 1 rings (SSSR count). The Kier molecular flexibility index (Phi) is 6.94. The van der Waals surface area contributed by atoms with Crippen LogP contribution in [0.5, 0.6) is 0 Å². The van der Waals surface area contributed by atoms with Crippen molar-refractivity contribution in [2.75, 3.05) is 26.0 Å². The summed E-state index contributed by atoms with van der Waals surface area (Å²) in [5.74, 6) is 1.14. The van der Waals surface area contributed by atoms with E-state index in [0.29, 0.717) is 5.25 Å². The molecule has 1 saturated carbocycles. The van der Waals surface area contributed by atoms with Gasteiger partial charge in [0.1, 0.15) is 5.54 Å². The molecule has 0 saturated heterocycles. The van der Waals surface area contributed by atoms with Crippen molar-refractivity contribution in [2.24, 2.45) is 0 Å². The van der Waals surface area contributed by atoms with Crippen molar-refractivity contribution < 1.29 is 4.74 Å². The van der Waals surface area contributed by atoms with Gasteiger partial charge in [-0.25, -0.2) is 0 Å². The van der Waals surface area contributed by atoms with E-state index in [-0.39, 0.29) is 5.54 Å². The van der Waals surface area contributed by atoms with Crippen LogP contribution in [-0.2, 0) is 4.74 Å². The molecule has 0 heterocycles. The van der Waals surface area contributed by atoms with Crippen LogP contribution < -0.4 is 5.32 Å². The molecular formula is C13H24N2OS. The summed E-state index contributed by atoms with van der Waals surface area (Å²) >= 11 is 2.01. The molecule has 0 aliphatic heterocycles. The molecule has 3 nitrogen and oxygen atoms in total. The van der Waals surface area contributed by atoms with Crippen molar-refractivity contribution >= 4 is 11.8 Å². The largest absolute Gasteiger partial charge is 0.385 e. The lowest BCUT2D eigenvalue weighted by molar-refractivity contribution is 0.200. The second-order valence-corrected chi connectivity index (χ2v) is 6.07. The van der Waals surface area contributed by atoms with Gasteiger partial charge in [0.25, 0.3) is 0 Å². The van der Waals surface area contributed by atoms with E-state index >= 15 is 0 Å². The normalized spacial score (nSPS) is 28.9. The monoisotopic (exact) mass is 256 g/mol. The van der Waals surface area contributed by atoms with Crippen molar-refractivity contribution in [3.63, 3.8) is 0 Å². The molecular weight excluding hydrogens is 232 g/mol. The number of methoxy groups -OCH3 is 1. The summed E-state index contributed by atoms with van der Waals surface area (Å²) in [4.78, 5) is 0. The predicted molar refractivity (Wildman–Crippen MR) is 73.2 cm³/mol. The maximum Gasteiger partial charge on any atom is 0.107 e. The number of thioether (sulfide) groups is 1. The Balaban J connectivity index is 2.35. The number of nitrogens with zero attached hydrogens (tertiary/aromatic N) is 1. The summed E-state index contributed by atoms with van der Waals surface area (Å²) in [5, 5.41) is 13.4. The molecule has 1 aliphatic carbocycles. The van der Waals surface area contributed by atoms with Gasteiger partial charge in [-0.05, 0) is 44.4 Å². The average Bonchev–Trinajstić information content (AvgIpc) is 2.35. The van der Waals surface area contributed by atoms with Crippen LogP contribution >= 0.6 is 11.8 Å². The maximum absolute atomic E-state index is 9.36. The molecule has 2 unspecified atom stereocenters. The quantitative estimate of drug-likeness (QED) is 0.711. The highest BCUT2D eigenvalue weighted by molar-refractivity contribution is 7.99. The maximum atomic E-state index is 9.36. The highest BCUT2D eigenvalue weighted by Gasteiger charge is 2.35. The summed E-state index contributed by atoms with van der Waals surface area (Å²) in [5.41, 5.74) is -0.258.